The van der Waals surface area contributed by atoms with Gasteiger partial charge in [0.05, 0.1) is 22.2 Å². The maximum Gasteiger partial charge on any atom is 0.352 e. The number of aromatic nitrogens is 3. The monoisotopic (exact) mass is 674 g/mol. The van der Waals surface area contributed by atoms with Crippen LogP contribution < -0.4 is 10.2 Å². The van der Waals surface area contributed by atoms with E-state index in [-0.39, 0.29) is 33.9 Å². The minimum Gasteiger partial charge on any atom is -0.353 e. The van der Waals surface area contributed by atoms with Crippen molar-refractivity contribution in [3.63, 3.8) is 0 Å². The molecular weight excluding hydrogens is 635 g/mol. The Labute approximate surface area is 276 Å². The molecule has 0 radical (unpaired) electrons. The molecule has 0 bridgehead atoms. The number of halogens is 6. The molecular formula is C35H40ClF5N6. The van der Waals surface area contributed by atoms with E-state index < -0.39 is 34.9 Å². The van der Waals surface area contributed by atoms with Crippen LogP contribution in [0.15, 0.2) is 24.4 Å². The van der Waals surface area contributed by atoms with E-state index >= 15 is 17.6 Å². The van der Waals surface area contributed by atoms with Gasteiger partial charge in [-0.1, -0.05) is 31.5 Å². The zero-order valence-corrected chi connectivity index (χ0v) is 27.3. The molecule has 1 aromatic carbocycles. The third-order valence-electron chi connectivity index (χ3n) is 11.5. The summed E-state index contributed by atoms with van der Waals surface area (Å²) in [5, 5.41) is -0.0122. The van der Waals surface area contributed by atoms with Gasteiger partial charge in [0.15, 0.2) is 0 Å². The number of hydrogen-bond donors (Lipinski definition) is 1. The minimum atomic E-state index is -3.87. The lowest BCUT2D eigenvalue weighted by Gasteiger charge is -2.35. The summed E-state index contributed by atoms with van der Waals surface area (Å²) in [5.41, 5.74) is -0.199. The van der Waals surface area contributed by atoms with Crippen molar-refractivity contribution in [3.05, 3.63) is 46.9 Å². The molecule has 5 heterocycles. The standard InChI is InChI=1S/C35H40ClF5N6/c1-2-21-19-46(14-12-42-21)32-24-17-43-30(22-7-5-8-25-28(22)23-15-26(23)34(25,38)39)29(35(36,40)41)31(24)44-27(45-32)9-3-4-10-33-11-6-13-47(33)18-20(37)16-33/h5,7-8,17,20-21,23,26,42H,2-4,6,9-16,18-19H2,1H3/t20-,21?,23?,26-,33+/m0/s1. The van der Waals surface area contributed by atoms with E-state index in [4.69, 9.17) is 21.6 Å². The summed E-state index contributed by atoms with van der Waals surface area (Å²) in [6.07, 6.45) is 7.53. The maximum absolute atomic E-state index is 15.7. The van der Waals surface area contributed by atoms with Crippen LogP contribution in [0.25, 0.3) is 22.2 Å². The number of alkyl halides is 6. The molecule has 5 aliphatic rings. The van der Waals surface area contributed by atoms with Gasteiger partial charge >= 0.3 is 5.38 Å². The number of hydrogen-bond acceptors (Lipinski definition) is 6. The number of unbranched alkanes of at least 4 members (excludes halogenated alkanes) is 1. The van der Waals surface area contributed by atoms with Crippen LogP contribution in [0.4, 0.5) is 27.8 Å². The molecule has 2 aromatic heterocycles. The Morgan fingerprint density at radius 3 is 2.79 bits per heavy atom. The van der Waals surface area contributed by atoms with Crippen molar-refractivity contribution in [2.24, 2.45) is 5.92 Å². The number of anilines is 1. The molecule has 1 saturated carbocycles. The van der Waals surface area contributed by atoms with Crippen LogP contribution in [0.1, 0.15) is 86.7 Å². The zero-order chi connectivity index (χ0) is 32.7. The van der Waals surface area contributed by atoms with E-state index in [2.05, 4.69) is 27.0 Å². The molecule has 6 nitrogen and oxygen atoms in total. The Bertz CT molecular complexity index is 1700. The number of fused-ring (bicyclic) bond motifs is 5. The second-order valence-electron chi connectivity index (χ2n) is 14.3. The second-order valence-corrected chi connectivity index (χ2v) is 14.8. The van der Waals surface area contributed by atoms with Gasteiger partial charge in [-0.05, 0) is 74.6 Å². The van der Waals surface area contributed by atoms with Crippen molar-refractivity contribution in [1.29, 1.82) is 0 Å². The van der Waals surface area contributed by atoms with Gasteiger partial charge < -0.3 is 10.2 Å². The lowest BCUT2D eigenvalue weighted by molar-refractivity contribution is -0.0224. The molecule has 252 valence electrons. The first kappa shape index (κ1) is 31.6. The van der Waals surface area contributed by atoms with Crippen LogP contribution in [0.5, 0.6) is 0 Å². The average molecular weight is 675 g/mol. The van der Waals surface area contributed by atoms with Crippen molar-refractivity contribution in [2.75, 3.05) is 37.6 Å². The van der Waals surface area contributed by atoms with Gasteiger partial charge in [-0.2, -0.15) is 8.78 Å². The van der Waals surface area contributed by atoms with Gasteiger partial charge in [0.25, 0.3) is 5.92 Å². The Hall–Kier alpha value is -2.63. The van der Waals surface area contributed by atoms with E-state index in [1.54, 1.807) is 6.07 Å². The fraction of sp³-hybridized carbons (Fsp3) is 0.629. The highest BCUT2D eigenvalue weighted by atomic mass is 35.5. The molecule has 3 aromatic rings. The quantitative estimate of drug-likeness (QED) is 0.143. The first-order valence-electron chi connectivity index (χ1n) is 17.2. The molecule has 3 saturated heterocycles. The highest BCUT2D eigenvalue weighted by molar-refractivity contribution is 6.23. The van der Waals surface area contributed by atoms with Crippen LogP contribution in [0.2, 0.25) is 0 Å². The maximum atomic E-state index is 15.7. The van der Waals surface area contributed by atoms with Crippen LogP contribution in [0.3, 0.4) is 0 Å². The summed E-state index contributed by atoms with van der Waals surface area (Å²) >= 11 is 5.90. The molecule has 12 heteroatoms. The second kappa shape index (κ2) is 11.5. The zero-order valence-electron chi connectivity index (χ0n) is 26.5. The molecule has 0 amide bonds. The summed E-state index contributed by atoms with van der Waals surface area (Å²) in [6.45, 7) is 5.53. The molecule has 3 aliphatic heterocycles. The predicted octanol–water partition coefficient (Wildman–Crippen LogP) is 7.67. The largest absolute Gasteiger partial charge is 0.353 e. The first-order chi connectivity index (χ1) is 22.5. The summed E-state index contributed by atoms with van der Waals surface area (Å²) in [7, 11) is 0. The summed E-state index contributed by atoms with van der Waals surface area (Å²) in [6, 6.07) is 4.68. The first-order valence-corrected chi connectivity index (χ1v) is 17.5. The van der Waals surface area contributed by atoms with Crippen molar-refractivity contribution >= 4 is 28.3 Å². The third kappa shape index (κ3) is 5.30. The van der Waals surface area contributed by atoms with Gasteiger partial charge in [0.1, 0.15) is 17.8 Å². The van der Waals surface area contributed by atoms with Gasteiger partial charge in [-0.15, -0.1) is 0 Å². The van der Waals surface area contributed by atoms with Gasteiger partial charge in [0, 0.05) is 67.4 Å². The molecule has 5 atom stereocenters. The normalized spacial score (nSPS) is 29.7. The average Bonchev–Trinajstić information content (AvgIpc) is 3.61. The number of benzene rings is 1. The molecule has 4 fully saturated rings. The van der Waals surface area contributed by atoms with Gasteiger partial charge in [-0.3, -0.25) is 9.88 Å². The minimum absolute atomic E-state index is 0.00733. The van der Waals surface area contributed by atoms with E-state index in [0.717, 1.165) is 45.1 Å². The number of rotatable bonds is 9. The lowest BCUT2D eigenvalue weighted by atomic mass is 9.87. The predicted molar refractivity (Wildman–Crippen MR) is 172 cm³/mol. The van der Waals surface area contributed by atoms with Crippen molar-refractivity contribution in [1.82, 2.24) is 25.2 Å². The Morgan fingerprint density at radius 1 is 1.13 bits per heavy atom. The molecule has 1 N–H and O–H groups in total. The topological polar surface area (TPSA) is 57.2 Å². The molecule has 0 spiro atoms. The van der Waals surface area contributed by atoms with Crippen molar-refractivity contribution < 1.29 is 22.0 Å². The van der Waals surface area contributed by atoms with Crippen LogP contribution in [0, 0.1) is 5.92 Å². The number of pyridine rings is 1. The summed E-state index contributed by atoms with van der Waals surface area (Å²) in [5.74, 6) is -3.24. The highest BCUT2D eigenvalue weighted by Crippen LogP contribution is 2.68. The smallest absolute Gasteiger partial charge is 0.352 e. The van der Waals surface area contributed by atoms with Gasteiger partial charge in [0.2, 0.25) is 0 Å². The Kier molecular flexibility index (Phi) is 7.72. The van der Waals surface area contributed by atoms with E-state index in [0.29, 0.717) is 68.0 Å². The van der Waals surface area contributed by atoms with Crippen LogP contribution >= 0.6 is 11.6 Å². The fourth-order valence-corrected chi connectivity index (χ4v) is 9.34. The van der Waals surface area contributed by atoms with E-state index in [1.807, 2.05) is 0 Å². The van der Waals surface area contributed by atoms with E-state index in [9.17, 15) is 4.39 Å². The number of nitrogens with zero attached hydrogens (tertiary/aromatic N) is 5. The molecule has 2 unspecified atom stereocenters. The van der Waals surface area contributed by atoms with Crippen LogP contribution in [-0.4, -0.2) is 70.3 Å². The number of nitrogens with one attached hydrogen (secondary N) is 1. The van der Waals surface area contributed by atoms with Crippen LogP contribution in [-0.2, 0) is 17.7 Å². The molecule has 2 aliphatic carbocycles. The van der Waals surface area contributed by atoms with Gasteiger partial charge in [-0.25, -0.2) is 23.1 Å². The SMILES string of the molecule is CCC1CN(c2nc(CCCC[C@]34CCCN3C[C@@H](F)C4)nc3c(C(F)(F)Cl)c(-c4cccc5c4C4C[C@@H]4C5(F)F)ncc23)CCN1. The summed E-state index contributed by atoms with van der Waals surface area (Å²) < 4.78 is 75.9. The highest BCUT2D eigenvalue weighted by Gasteiger charge is 2.64. The Balaban J connectivity index is 1.20. The van der Waals surface area contributed by atoms with Crippen molar-refractivity contribution in [3.8, 4) is 11.3 Å². The number of piperazine rings is 1. The molecule has 47 heavy (non-hydrogen) atoms. The van der Waals surface area contributed by atoms with E-state index in [1.165, 1.54) is 18.3 Å². The van der Waals surface area contributed by atoms with Crippen molar-refractivity contribution in [2.45, 2.75) is 99.7 Å². The third-order valence-corrected chi connectivity index (χ3v) is 11.7. The fourth-order valence-electron chi connectivity index (χ4n) is 9.16. The Morgan fingerprint density at radius 2 is 1.98 bits per heavy atom. The molecule has 8 rings (SSSR count). The number of aryl methyl sites for hydroxylation is 1. The summed E-state index contributed by atoms with van der Waals surface area (Å²) in [4.78, 5) is 18.6. The lowest BCUT2D eigenvalue weighted by Crippen LogP contribution is -2.50.